The molecule has 1 heterocycles. The van der Waals surface area contributed by atoms with Gasteiger partial charge in [-0.15, -0.1) is 0 Å². The van der Waals surface area contributed by atoms with Gasteiger partial charge in [0, 0.05) is 13.6 Å². The molecule has 0 bridgehead atoms. The van der Waals surface area contributed by atoms with Crippen molar-refractivity contribution in [2.75, 3.05) is 20.1 Å². The lowest BCUT2D eigenvalue weighted by molar-refractivity contribution is -0.138. The molecular formula is C17H23N3O3. The quantitative estimate of drug-likeness (QED) is 0.812. The minimum absolute atomic E-state index is 0.229. The first-order chi connectivity index (χ1) is 10.9. The number of unbranched alkanes of at least 4 members (excludes halogenated alkanes) is 1. The summed E-state index contributed by atoms with van der Waals surface area (Å²) in [6.07, 6.45) is 1.87. The van der Waals surface area contributed by atoms with Crippen LogP contribution < -0.4 is 5.32 Å². The van der Waals surface area contributed by atoms with Crippen LogP contribution in [-0.4, -0.2) is 47.8 Å². The van der Waals surface area contributed by atoms with Gasteiger partial charge < -0.3 is 10.2 Å². The molecule has 23 heavy (non-hydrogen) atoms. The fourth-order valence-electron chi connectivity index (χ4n) is 2.58. The highest BCUT2D eigenvalue weighted by atomic mass is 16.2. The highest BCUT2D eigenvalue weighted by molar-refractivity contribution is 6.09. The molecule has 1 aliphatic heterocycles. The van der Waals surface area contributed by atoms with E-state index < -0.39 is 17.5 Å². The second-order valence-corrected chi connectivity index (χ2v) is 5.98. The number of carbonyl (C=O) groups is 3. The summed E-state index contributed by atoms with van der Waals surface area (Å²) in [6.45, 7) is 4.09. The van der Waals surface area contributed by atoms with E-state index in [-0.39, 0.29) is 12.5 Å². The first-order valence-corrected chi connectivity index (χ1v) is 7.83. The zero-order valence-electron chi connectivity index (χ0n) is 13.8. The van der Waals surface area contributed by atoms with Crippen molar-refractivity contribution in [1.29, 1.82) is 0 Å². The average Bonchev–Trinajstić information content (AvgIpc) is 2.77. The number of nitrogens with one attached hydrogen (secondary N) is 1. The topological polar surface area (TPSA) is 69.7 Å². The predicted molar refractivity (Wildman–Crippen MR) is 86.6 cm³/mol. The van der Waals surface area contributed by atoms with Gasteiger partial charge in [0.25, 0.3) is 5.91 Å². The number of imide groups is 1. The van der Waals surface area contributed by atoms with Crippen LogP contribution in [0, 0.1) is 0 Å². The summed E-state index contributed by atoms with van der Waals surface area (Å²) >= 11 is 0. The lowest BCUT2D eigenvalue weighted by Crippen LogP contribution is -2.43. The third kappa shape index (κ3) is 3.36. The van der Waals surface area contributed by atoms with E-state index in [0.717, 1.165) is 17.7 Å². The second-order valence-electron chi connectivity index (χ2n) is 5.98. The Morgan fingerprint density at radius 2 is 1.91 bits per heavy atom. The van der Waals surface area contributed by atoms with Gasteiger partial charge in [0.2, 0.25) is 5.91 Å². The lowest BCUT2D eigenvalue weighted by Gasteiger charge is -2.23. The van der Waals surface area contributed by atoms with Crippen LogP contribution in [0.2, 0.25) is 0 Å². The van der Waals surface area contributed by atoms with Crippen molar-refractivity contribution in [3.05, 3.63) is 35.9 Å². The van der Waals surface area contributed by atoms with Crippen molar-refractivity contribution in [2.45, 2.75) is 32.2 Å². The highest BCUT2D eigenvalue weighted by Gasteiger charge is 2.49. The smallest absolute Gasteiger partial charge is 0.325 e. The Hall–Kier alpha value is -2.37. The summed E-state index contributed by atoms with van der Waals surface area (Å²) in [7, 11) is 1.69. The summed E-state index contributed by atoms with van der Waals surface area (Å²) in [6, 6.07) is 8.52. The van der Waals surface area contributed by atoms with E-state index in [9.17, 15) is 14.4 Å². The van der Waals surface area contributed by atoms with Gasteiger partial charge >= 0.3 is 6.03 Å². The maximum Gasteiger partial charge on any atom is 0.325 e. The van der Waals surface area contributed by atoms with E-state index in [0.29, 0.717) is 12.1 Å². The number of hydrogen-bond acceptors (Lipinski definition) is 3. The molecule has 1 fully saturated rings. The molecule has 6 nitrogen and oxygen atoms in total. The monoisotopic (exact) mass is 317 g/mol. The summed E-state index contributed by atoms with van der Waals surface area (Å²) in [5.74, 6) is -0.634. The fourth-order valence-corrected chi connectivity index (χ4v) is 2.58. The van der Waals surface area contributed by atoms with Crippen molar-refractivity contribution in [2.24, 2.45) is 0 Å². The van der Waals surface area contributed by atoms with E-state index in [4.69, 9.17) is 0 Å². The largest absolute Gasteiger partial charge is 0.344 e. The first-order valence-electron chi connectivity index (χ1n) is 7.83. The SMILES string of the molecule is CCCCN(C)C(=O)CN1C(=O)NC(C)(c2ccccc2)C1=O. The van der Waals surface area contributed by atoms with Crippen LogP contribution in [0.5, 0.6) is 0 Å². The Balaban J connectivity index is 2.12. The maximum atomic E-state index is 12.7. The van der Waals surface area contributed by atoms with Crippen molar-refractivity contribution < 1.29 is 14.4 Å². The van der Waals surface area contributed by atoms with E-state index in [1.54, 1.807) is 31.0 Å². The van der Waals surface area contributed by atoms with Gasteiger partial charge in [-0.2, -0.15) is 0 Å². The van der Waals surface area contributed by atoms with Crippen LogP contribution in [0.1, 0.15) is 32.3 Å². The normalized spacial score (nSPS) is 20.6. The summed E-state index contributed by atoms with van der Waals surface area (Å²) in [5.41, 5.74) is -0.423. The van der Waals surface area contributed by atoms with Crippen LogP contribution in [0.25, 0.3) is 0 Å². The number of urea groups is 1. The molecule has 0 aromatic heterocycles. The van der Waals surface area contributed by atoms with Crippen molar-refractivity contribution >= 4 is 17.8 Å². The van der Waals surface area contributed by atoms with Gasteiger partial charge in [-0.1, -0.05) is 43.7 Å². The molecule has 1 aromatic carbocycles. The van der Waals surface area contributed by atoms with Crippen LogP contribution in [0.15, 0.2) is 30.3 Å². The maximum absolute atomic E-state index is 12.7. The standard InChI is InChI=1S/C17H23N3O3/c1-4-5-11-19(3)14(21)12-20-15(22)17(2,18-16(20)23)13-9-7-6-8-10-13/h6-10H,4-5,11-12H2,1-3H3,(H,18,23). The van der Waals surface area contributed by atoms with Crippen LogP contribution >= 0.6 is 0 Å². The molecule has 124 valence electrons. The molecule has 1 aromatic rings. The molecule has 1 aliphatic rings. The van der Waals surface area contributed by atoms with Crippen molar-refractivity contribution in [1.82, 2.24) is 15.1 Å². The van der Waals surface area contributed by atoms with Gasteiger partial charge in [0.05, 0.1) is 0 Å². The molecule has 1 saturated heterocycles. The number of carbonyl (C=O) groups excluding carboxylic acids is 3. The number of nitrogens with zero attached hydrogens (tertiary/aromatic N) is 2. The average molecular weight is 317 g/mol. The van der Waals surface area contributed by atoms with Gasteiger partial charge in [-0.3, -0.25) is 14.5 Å². The van der Waals surface area contributed by atoms with Gasteiger partial charge in [-0.05, 0) is 18.9 Å². The number of likely N-dealkylation sites (N-methyl/N-ethyl adjacent to an activating group) is 1. The third-order valence-corrected chi connectivity index (χ3v) is 4.19. The Kier molecular flexibility index (Phi) is 5.03. The Morgan fingerprint density at radius 3 is 2.52 bits per heavy atom. The number of hydrogen-bond donors (Lipinski definition) is 1. The zero-order valence-corrected chi connectivity index (χ0v) is 13.8. The Labute approximate surface area is 136 Å². The Bertz CT molecular complexity index is 602. The number of amides is 4. The summed E-state index contributed by atoms with van der Waals surface area (Å²) < 4.78 is 0. The molecule has 1 N–H and O–H groups in total. The Morgan fingerprint density at radius 1 is 1.26 bits per heavy atom. The minimum atomic E-state index is -1.12. The summed E-state index contributed by atoms with van der Waals surface area (Å²) in [5, 5.41) is 2.70. The number of rotatable bonds is 6. The summed E-state index contributed by atoms with van der Waals surface area (Å²) in [4.78, 5) is 39.6. The molecule has 0 saturated carbocycles. The number of benzene rings is 1. The molecular weight excluding hydrogens is 294 g/mol. The van der Waals surface area contributed by atoms with E-state index in [1.807, 2.05) is 25.1 Å². The molecule has 4 amide bonds. The van der Waals surface area contributed by atoms with E-state index in [2.05, 4.69) is 5.32 Å². The van der Waals surface area contributed by atoms with Gasteiger partial charge in [0.1, 0.15) is 12.1 Å². The molecule has 0 spiro atoms. The third-order valence-electron chi connectivity index (χ3n) is 4.19. The van der Waals surface area contributed by atoms with E-state index >= 15 is 0 Å². The van der Waals surface area contributed by atoms with E-state index in [1.165, 1.54) is 0 Å². The highest BCUT2D eigenvalue weighted by Crippen LogP contribution is 2.28. The van der Waals surface area contributed by atoms with Crippen molar-refractivity contribution in [3.8, 4) is 0 Å². The van der Waals surface area contributed by atoms with Crippen LogP contribution in [-0.2, 0) is 15.1 Å². The molecule has 1 atom stereocenters. The van der Waals surface area contributed by atoms with Crippen molar-refractivity contribution in [3.63, 3.8) is 0 Å². The van der Waals surface area contributed by atoms with Crippen LogP contribution in [0.3, 0.4) is 0 Å². The fraction of sp³-hybridized carbons (Fsp3) is 0.471. The lowest BCUT2D eigenvalue weighted by atomic mass is 9.92. The minimum Gasteiger partial charge on any atom is -0.344 e. The molecule has 1 unspecified atom stereocenters. The zero-order chi connectivity index (χ0) is 17.0. The molecule has 0 radical (unpaired) electrons. The molecule has 2 rings (SSSR count). The molecule has 0 aliphatic carbocycles. The molecule has 6 heteroatoms. The second kappa shape index (κ2) is 6.81. The first kappa shape index (κ1) is 17.0. The van der Waals surface area contributed by atoms with Gasteiger partial charge in [0.15, 0.2) is 0 Å². The van der Waals surface area contributed by atoms with Gasteiger partial charge in [-0.25, -0.2) is 4.79 Å². The van der Waals surface area contributed by atoms with Crippen LogP contribution in [0.4, 0.5) is 4.79 Å². The predicted octanol–water partition coefficient (Wildman–Crippen LogP) is 1.71.